The molecule has 0 saturated carbocycles. The summed E-state index contributed by atoms with van der Waals surface area (Å²) in [5.74, 6) is -0.306. The van der Waals surface area contributed by atoms with Gasteiger partial charge in [0.25, 0.3) is 0 Å². The highest BCUT2D eigenvalue weighted by atomic mass is 32.2. The van der Waals surface area contributed by atoms with Crippen LogP contribution in [0.3, 0.4) is 0 Å². The van der Waals surface area contributed by atoms with E-state index in [2.05, 4.69) is 12.2 Å². The predicted octanol–water partition coefficient (Wildman–Crippen LogP) is 4.83. The molecule has 0 spiro atoms. The Labute approximate surface area is 223 Å². The number of amides is 2. The van der Waals surface area contributed by atoms with Crippen LogP contribution in [0.15, 0.2) is 48.5 Å². The quantitative estimate of drug-likeness (QED) is 0.335. The molecular formula is C29H43N3O4S. The number of benzene rings is 2. The number of carbonyl (C=O) groups excluding carboxylic acids is 2. The van der Waals surface area contributed by atoms with Crippen molar-refractivity contribution in [2.24, 2.45) is 0 Å². The fourth-order valence-corrected chi connectivity index (χ4v) is 5.30. The van der Waals surface area contributed by atoms with Crippen molar-refractivity contribution in [3.8, 4) is 0 Å². The van der Waals surface area contributed by atoms with Crippen molar-refractivity contribution in [1.29, 1.82) is 0 Å². The molecule has 1 unspecified atom stereocenters. The molecular weight excluding hydrogens is 486 g/mol. The fourth-order valence-electron chi connectivity index (χ4n) is 4.33. The molecule has 0 aliphatic rings. The second-order valence-electron chi connectivity index (χ2n) is 9.54. The average molecular weight is 530 g/mol. The van der Waals surface area contributed by atoms with Crippen LogP contribution in [-0.2, 0) is 32.6 Å². The minimum atomic E-state index is -3.51. The van der Waals surface area contributed by atoms with Gasteiger partial charge >= 0.3 is 0 Å². The maximum Gasteiger partial charge on any atom is 0.242 e. The lowest BCUT2D eigenvalue weighted by Gasteiger charge is -2.31. The Balaban J connectivity index is 2.19. The van der Waals surface area contributed by atoms with Crippen molar-refractivity contribution in [2.45, 2.75) is 78.8 Å². The first-order chi connectivity index (χ1) is 17.6. The van der Waals surface area contributed by atoms with Crippen LogP contribution in [0.1, 0.15) is 69.6 Å². The molecule has 0 bridgehead atoms. The van der Waals surface area contributed by atoms with Gasteiger partial charge in [-0.3, -0.25) is 13.9 Å². The van der Waals surface area contributed by atoms with Crippen LogP contribution in [0, 0.1) is 6.92 Å². The maximum atomic E-state index is 13.5. The van der Waals surface area contributed by atoms with Crippen LogP contribution in [0.5, 0.6) is 0 Å². The van der Waals surface area contributed by atoms with Crippen molar-refractivity contribution in [2.75, 3.05) is 23.7 Å². The summed E-state index contributed by atoms with van der Waals surface area (Å²) in [6.45, 7) is 9.12. The lowest BCUT2D eigenvalue weighted by molar-refractivity contribution is -0.141. The molecule has 2 rings (SSSR count). The minimum absolute atomic E-state index is 0.142. The standard InChI is InChI=1S/C29H43N3O4S/c1-6-9-19-30-29(34)27(8-3)31(22-25-13-10-12-23(4)21-25)28(33)14-11-20-32(37(5,35)36)26-17-15-24(7-2)16-18-26/h10,12-13,15-18,21,27H,6-9,11,14,19-20,22H2,1-5H3,(H,30,34). The number of hydrogen-bond donors (Lipinski definition) is 1. The van der Waals surface area contributed by atoms with Gasteiger partial charge in [0.2, 0.25) is 21.8 Å². The number of hydrogen-bond acceptors (Lipinski definition) is 4. The highest BCUT2D eigenvalue weighted by Gasteiger charge is 2.28. The Bertz CT molecular complexity index is 1120. The minimum Gasteiger partial charge on any atom is -0.354 e. The van der Waals surface area contributed by atoms with Gasteiger partial charge in [-0.2, -0.15) is 0 Å². The number of unbranched alkanes of at least 4 members (excludes halogenated alkanes) is 1. The first-order valence-electron chi connectivity index (χ1n) is 13.3. The average Bonchev–Trinajstić information content (AvgIpc) is 2.86. The smallest absolute Gasteiger partial charge is 0.242 e. The largest absolute Gasteiger partial charge is 0.354 e. The van der Waals surface area contributed by atoms with Gasteiger partial charge in [0.05, 0.1) is 11.9 Å². The zero-order chi connectivity index (χ0) is 27.4. The van der Waals surface area contributed by atoms with Crippen LogP contribution in [0.4, 0.5) is 5.69 Å². The Hall–Kier alpha value is -2.87. The first-order valence-corrected chi connectivity index (χ1v) is 15.1. The van der Waals surface area contributed by atoms with Crippen molar-refractivity contribution in [3.63, 3.8) is 0 Å². The Morgan fingerprint density at radius 3 is 2.24 bits per heavy atom. The second-order valence-corrected chi connectivity index (χ2v) is 11.4. The molecule has 2 amide bonds. The number of carbonyl (C=O) groups is 2. The molecule has 0 saturated heterocycles. The molecule has 204 valence electrons. The van der Waals surface area contributed by atoms with Gasteiger partial charge in [-0.15, -0.1) is 0 Å². The maximum absolute atomic E-state index is 13.5. The van der Waals surface area contributed by atoms with Crippen molar-refractivity contribution in [1.82, 2.24) is 10.2 Å². The molecule has 0 aromatic heterocycles. The number of nitrogens with zero attached hydrogens (tertiary/aromatic N) is 2. The highest BCUT2D eigenvalue weighted by molar-refractivity contribution is 7.92. The third-order valence-electron chi connectivity index (χ3n) is 6.44. The van der Waals surface area contributed by atoms with E-state index in [-0.39, 0.29) is 24.8 Å². The van der Waals surface area contributed by atoms with E-state index in [1.807, 2.05) is 57.2 Å². The van der Waals surface area contributed by atoms with Crippen LogP contribution < -0.4 is 9.62 Å². The van der Waals surface area contributed by atoms with E-state index in [9.17, 15) is 18.0 Å². The number of sulfonamides is 1. The summed E-state index contributed by atoms with van der Waals surface area (Å²) in [5, 5.41) is 2.97. The van der Waals surface area contributed by atoms with Gasteiger partial charge < -0.3 is 10.2 Å². The van der Waals surface area contributed by atoms with E-state index < -0.39 is 16.1 Å². The zero-order valence-electron chi connectivity index (χ0n) is 23.0. The van der Waals surface area contributed by atoms with Crippen molar-refractivity contribution < 1.29 is 18.0 Å². The summed E-state index contributed by atoms with van der Waals surface area (Å²) in [4.78, 5) is 28.2. The summed E-state index contributed by atoms with van der Waals surface area (Å²) in [6, 6.07) is 14.8. The third-order valence-corrected chi connectivity index (χ3v) is 7.63. The Kier molecular flexibility index (Phi) is 12.1. The normalized spacial score (nSPS) is 12.1. The lowest BCUT2D eigenvalue weighted by atomic mass is 10.1. The van der Waals surface area contributed by atoms with E-state index in [0.717, 1.165) is 36.0 Å². The van der Waals surface area contributed by atoms with Gasteiger partial charge in [-0.25, -0.2) is 8.42 Å². The summed E-state index contributed by atoms with van der Waals surface area (Å²) in [7, 11) is -3.51. The van der Waals surface area contributed by atoms with Gasteiger partial charge in [0.1, 0.15) is 6.04 Å². The van der Waals surface area contributed by atoms with E-state index in [1.165, 1.54) is 10.6 Å². The van der Waals surface area contributed by atoms with Crippen molar-refractivity contribution >= 4 is 27.5 Å². The molecule has 2 aromatic rings. The van der Waals surface area contributed by atoms with Crippen LogP contribution >= 0.6 is 0 Å². The summed E-state index contributed by atoms with van der Waals surface area (Å²) in [5.41, 5.74) is 3.76. The summed E-state index contributed by atoms with van der Waals surface area (Å²) in [6.07, 6.45) is 4.89. The number of rotatable bonds is 15. The summed E-state index contributed by atoms with van der Waals surface area (Å²) < 4.78 is 26.4. The van der Waals surface area contributed by atoms with E-state index in [1.54, 1.807) is 17.0 Å². The summed E-state index contributed by atoms with van der Waals surface area (Å²) >= 11 is 0. The molecule has 1 atom stereocenters. The number of anilines is 1. The number of nitrogens with one attached hydrogen (secondary N) is 1. The van der Waals surface area contributed by atoms with E-state index in [4.69, 9.17) is 0 Å². The number of aryl methyl sites for hydroxylation is 2. The monoisotopic (exact) mass is 529 g/mol. The molecule has 0 aliphatic carbocycles. The second kappa shape index (κ2) is 14.8. The lowest BCUT2D eigenvalue weighted by Crippen LogP contribution is -2.49. The van der Waals surface area contributed by atoms with Crippen LogP contribution in [-0.4, -0.2) is 50.5 Å². The third kappa shape index (κ3) is 9.50. The molecule has 0 radical (unpaired) electrons. The van der Waals surface area contributed by atoms with Gasteiger partial charge in [-0.1, -0.05) is 69.2 Å². The molecule has 0 aliphatic heterocycles. The molecule has 37 heavy (non-hydrogen) atoms. The van der Waals surface area contributed by atoms with E-state index in [0.29, 0.717) is 31.6 Å². The van der Waals surface area contributed by atoms with E-state index >= 15 is 0 Å². The van der Waals surface area contributed by atoms with Gasteiger partial charge in [0, 0.05) is 26.1 Å². The molecule has 2 aromatic carbocycles. The van der Waals surface area contributed by atoms with Gasteiger partial charge in [0.15, 0.2) is 0 Å². The molecule has 7 nitrogen and oxygen atoms in total. The SMILES string of the molecule is CCCCNC(=O)C(CC)N(Cc1cccc(C)c1)C(=O)CCCN(c1ccc(CC)cc1)S(C)(=O)=O. The highest BCUT2D eigenvalue weighted by Crippen LogP contribution is 2.21. The van der Waals surface area contributed by atoms with Crippen LogP contribution in [0.25, 0.3) is 0 Å². The van der Waals surface area contributed by atoms with Gasteiger partial charge in [-0.05, 0) is 55.9 Å². The predicted molar refractivity (Wildman–Crippen MR) is 151 cm³/mol. The Morgan fingerprint density at radius 1 is 0.973 bits per heavy atom. The molecule has 0 heterocycles. The molecule has 8 heteroatoms. The first kappa shape index (κ1) is 30.4. The Morgan fingerprint density at radius 2 is 1.68 bits per heavy atom. The topological polar surface area (TPSA) is 86.8 Å². The fraction of sp³-hybridized carbons (Fsp3) is 0.517. The molecule has 1 N–H and O–H groups in total. The van der Waals surface area contributed by atoms with Crippen molar-refractivity contribution in [3.05, 3.63) is 65.2 Å². The molecule has 0 fully saturated rings. The zero-order valence-corrected chi connectivity index (χ0v) is 23.8. The van der Waals surface area contributed by atoms with Crippen LogP contribution in [0.2, 0.25) is 0 Å².